The molecule has 3 rings (SSSR count). The van der Waals surface area contributed by atoms with Crippen LogP contribution in [0.15, 0.2) is 0 Å². The quantitative estimate of drug-likeness (QED) is 0.672. The van der Waals surface area contributed by atoms with E-state index in [2.05, 4.69) is 20.8 Å². The molecule has 0 heterocycles. The van der Waals surface area contributed by atoms with Crippen LogP contribution in [-0.4, -0.2) is 6.04 Å². The van der Waals surface area contributed by atoms with Crippen LogP contribution in [0.25, 0.3) is 0 Å². The van der Waals surface area contributed by atoms with Gasteiger partial charge >= 0.3 is 0 Å². The van der Waals surface area contributed by atoms with Gasteiger partial charge in [0.15, 0.2) is 0 Å². The van der Waals surface area contributed by atoms with Crippen LogP contribution >= 0.6 is 0 Å². The summed E-state index contributed by atoms with van der Waals surface area (Å²) in [6.45, 7) is 6.93. The van der Waals surface area contributed by atoms with Crippen molar-refractivity contribution in [3.63, 3.8) is 0 Å². The molecule has 0 saturated heterocycles. The van der Waals surface area contributed by atoms with E-state index in [4.69, 9.17) is 5.73 Å². The van der Waals surface area contributed by atoms with Gasteiger partial charge in [-0.2, -0.15) is 0 Å². The van der Waals surface area contributed by atoms with Gasteiger partial charge in [-0.3, -0.25) is 0 Å². The molecule has 3 aliphatic rings. The summed E-state index contributed by atoms with van der Waals surface area (Å²) in [7, 11) is 0. The van der Waals surface area contributed by atoms with E-state index in [1.54, 1.807) is 0 Å². The van der Waals surface area contributed by atoms with E-state index in [-0.39, 0.29) is 0 Å². The lowest BCUT2D eigenvalue weighted by Crippen LogP contribution is -2.49. The van der Waals surface area contributed by atoms with Crippen LogP contribution in [0.3, 0.4) is 0 Å². The van der Waals surface area contributed by atoms with E-state index < -0.39 is 0 Å². The van der Waals surface area contributed by atoms with Crippen molar-refractivity contribution in [3.8, 4) is 0 Å². The molecule has 0 amide bonds. The standard InChI is InChI=1S/C11H21N/c1-8(2)10-4-5-11(6-10,7-10)9(3)12/h8-9H,4-7,12H2,1-3H3. The van der Waals surface area contributed by atoms with Crippen molar-refractivity contribution in [2.45, 2.75) is 52.5 Å². The van der Waals surface area contributed by atoms with Gasteiger partial charge in [0, 0.05) is 6.04 Å². The molecular weight excluding hydrogens is 146 g/mol. The van der Waals surface area contributed by atoms with Gasteiger partial charge in [-0.15, -0.1) is 0 Å². The molecule has 1 unspecified atom stereocenters. The van der Waals surface area contributed by atoms with Gasteiger partial charge < -0.3 is 5.73 Å². The normalized spacial score (nSPS) is 47.8. The summed E-state index contributed by atoms with van der Waals surface area (Å²) in [5.41, 5.74) is 7.29. The Morgan fingerprint density at radius 3 is 1.75 bits per heavy atom. The number of nitrogens with two attached hydrogens (primary N) is 1. The molecule has 3 fully saturated rings. The van der Waals surface area contributed by atoms with Crippen LogP contribution in [0.1, 0.15) is 46.5 Å². The highest BCUT2D eigenvalue weighted by molar-refractivity contribution is 5.14. The number of fused-ring (bicyclic) bond motifs is 1. The first-order chi connectivity index (χ1) is 5.51. The molecule has 0 aromatic rings. The predicted octanol–water partition coefficient (Wildman–Crippen LogP) is 2.55. The molecule has 0 aromatic carbocycles. The summed E-state index contributed by atoms with van der Waals surface area (Å²) < 4.78 is 0. The molecule has 0 radical (unpaired) electrons. The third-order valence-corrected chi connectivity index (χ3v) is 4.72. The minimum Gasteiger partial charge on any atom is -0.327 e. The topological polar surface area (TPSA) is 26.0 Å². The zero-order chi connectivity index (χ0) is 8.98. The van der Waals surface area contributed by atoms with Crippen LogP contribution in [-0.2, 0) is 0 Å². The largest absolute Gasteiger partial charge is 0.327 e. The fourth-order valence-corrected chi connectivity index (χ4v) is 3.45. The maximum atomic E-state index is 6.03. The second-order valence-electron chi connectivity index (χ2n) is 5.52. The highest BCUT2D eigenvalue weighted by atomic mass is 14.8. The molecule has 0 spiro atoms. The molecule has 70 valence electrons. The summed E-state index contributed by atoms with van der Waals surface area (Å²) >= 11 is 0. The SMILES string of the molecule is CC(C)C12CCC(C(C)N)(C1)C2. The summed E-state index contributed by atoms with van der Waals surface area (Å²) in [6.07, 6.45) is 5.65. The van der Waals surface area contributed by atoms with Gasteiger partial charge in [-0.25, -0.2) is 0 Å². The molecule has 1 heteroatoms. The third kappa shape index (κ3) is 0.834. The Kier molecular flexibility index (Phi) is 1.61. The van der Waals surface area contributed by atoms with E-state index in [9.17, 15) is 0 Å². The minimum absolute atomic E-state index is 0.423. The smallest absolute Gasteiger partial charge is 0.00674 e. The number of hydrogen-bond acceptors (Lipinski definition) is 1. The molecule has 0 aromatic heterocycles. The Morgan fingerprint density at radius 1 is 1.00 bits per heavy atom. The zero-order valence-corrected chi connectivity index (χ0v) is 8.56. The van der Waals surface area contributed by atoms with Crippen LogP contribution in [0, 0.1) is 16.7 Å². The molecule has 12 heavy (non-hydrogen) atoms. The van der Waals surface area contributed by atoms with E-state index in [0.717, 1.165) is 5.92 Å². The second-order valence-corrected chi connectivity index (χ2v) is 5.52. The molecule has 2 bridgehead atoms. The van der Waals surface area contributed by atoms with Gasteiger partial charge in [0.05, 0.1) is 0 Å². The van der Waals surface area contributed by atoms with Crippen molar-refractivity contribution < 1.29 is 0 Å². The van der Waals surface area contributed by atoms with Gasteiger partial charge in [0.2, 0.25) is 0 Å². The van der Waals surface area contributed by atoms with Crippen molar-refractivity contribution in [1.82, 2.24) is 0 Å². The second kappa shape index (κ2) is 2.25. The first-order valence-corrected chi connectivity index (χ1v) is 5.26. The summed E-state index contributed by atoms with van der Waals surface area (Å²) in [5.74, 6) is 0.867. The van der Waals surface area contributed by atoms with Gasteiger partial charge in [0.1, 0.15) is 0 Å². The number of hydrogen-bond donors (Lipinski definition) is 1. The average Bonchev–Trinajstić information content (AvgIpc) is 2.37. The number of rotatable bonds is 2. The Balaban J connectivity index is 2.10. The highest BCUT2D eigenvalue weighted by Crippen LogP contribution is 2.70. The van der Waals surface area contributed by atoms with E-state index in [1.165, 1.54) is 25.7 Å². The summed E-state index contributed by atoms with van der Waals surface area (Å²) in [5, 5.41) is 0. The van der Waals surface area contributed by atoms with Gasteiger partial charge in [0.25, 0.3) is 0 Å². The molecule has 1 atom stereocenters. The first kappa shape index (κ1) is 8.55. The lowest BCUT2D eigenvalue weighted by molar-refractivity contribution is -0.00898. The van der Waals surface area contributed by atoms with Gasteiger partial charge in [-0.05, 0) is 49.4 Å². The molecule has 2 N–H and O–H groups in total. The average molecular weight is 167 g/mol. The molecular formula is C11H21N. The summed E-state index contributed by atoms with van der Waals surface area (Å²) in [4.78, 5) is 0. The van der Waals surface area contributed by atoms with Gasteiger partial charge in [-0.1, -0.05) is 13.8 Å². The Morgan fingerprint density at radius 2 is 1.50 bits per heavy atom. The summed E-state index contributed by atoms with van der Waals surface area (Å²) in [6, 6.07) is 0.423. The monoisotopic (exact) mass is 167 g/mol. The Hall–Kier alpha value is -0.0400. The maximum absolute atomic E-state index is 6.03. The Bertz CT molecular complexity index is 167. The molecule has 3 aliphatic carbocycles. The van der Waals surface area contributed by atoms with Crippen LogP contribution in [0.2, 0.25) is 0 Å². The highest BCUT2D eigenvalue weighted by Gasteiger charge is 2.62. The van der Waals surface area contributed by atoms with Crippen LogP contribution in [0.5, 0.6) is 0 Å². The van der Waals surface area contributed by atoms with Crippen molar-refractivity contribution >= 4 is 0 Å². The first-order valence-electron chi connectivity index (χ1n) is 5.26. The lowest BCUT2D eigenvalue weighted by atomic mass is 9.54. The Labute approximate surface area is 75.7 Å². The van der Waals surface area contributed by atoms with E-state index in [1.807, 2.05) is 0 Å². The maximum Gasteiger partial charge on any atom is 0.00674 e. The van der Waals surface area contributed by atoms with Crippen molar-refractivity contribution in [2.24, 2.45) is 22.5 Å². The molecule has 1 nitrogen and oxygen atoms in total. The fourth-order valence-electron chi connectivity index (χ4n) is 3.45. The van der Waals surface area contributed by atoms with E-state index >= 15 is 0 Å². The van der Waals surface area contributed by atoms with Crippen LogP contribution in [0.4, 0.5) is 0 Å². The zero-order valence-electron chi connectivity index (χ0n) is 8.56. The van der Waals surface area contributed by atoms with Crippen molar-refractivity contribution in [1.29, 1.82) is 0 Å². The van der Waals surface area contributed by atoms with E-state index in [0.29, 0.717) is 16.9 Å². The predicted molar refractivity (Wildman–Crippen MR) is 51.8 cm³/mol. The van der Waals surface area contributed by atoms with Crippen molar-refractivity contribution in [2.75, 3.05) is 0 Å². The lowest BCUT2D eigenvalue weighted by Gasteiger charge is -2.52. The molecule has 0 aliphatic heterocycles. The van der Waals surface area contributed by atoms with Crippen molar-refractivity contribution in [3.05, 3.63) is 0 Å². The van der Waals surface area contributed by atoms with Crippen LogP contribution < -0.4 is 5.73 Å². The third-order valence-electron chi connectivity index (χ3n) is 4.72. The minimum atomic E-state index is 0.423. The molecule has 3 saturated carbocycles. The fraction of sp³-hybridized carbons (Fsp3) is 1.00.